The summed E-state index contributed by atoms with van der Waals surface area (Å²) in [6, 6.07) is 22.5. The molecule has 6 nitrogen and oxygen atoms in total. The standard InChI is InChI=1S/C27H21F2N3O3/c28-22-12-7-13-23(29)27(22)30-24(33)18-35-25(34)15-14-21-17-32(16-19-8-3-1-4-9-19)31-26(21)20-10-5-2-6-11-20/h1-15,17H,16,18H2,(H,30,33)/b15-14+. The molecule has 0 fully saturated rings. The molecular formula is C27H21F2N3O3. The molecule has 35 heavy (non-hydrogen) atoms. The lowest BCUT2D eigenvalue weighted by Gasteiger charge is -2.07. The van der Waals surface area contributed by atoms with Crippen molar-refractivity contribution in [2.75, 3.05) is 11.9 Å². The fraction of sp³-hybridized carbons (Fsp3) is 0.0741. The summed E-state index contributed by atoms with van der Waals surface area (Å²) in [5.41, 5.74) is 2.71. The number of hydrogen-bond donors (Lipinski definition) is 1. The zero-order valence-electron chi connectivity index (χ0n) is 18.5. The van der Waals surface area contributed by atoms with Gasteiger partial charge in [0, 0.05) is 23.4 Å². The van der Waals surface area contributed by atoms with Crippen LogP contribution in [0.5, 0.6) is 0 Å². The van der Waals surface area contributed by atoms with Crippen LogP contribution < -0.4 is 5.32 Å². The number of rotatable bonds is 8. The highest BCUT2D eigenvalue weighted by atomic mass is 19.1. The number of esters is 1. The van der Waals surface area contributed by atoms with Crippen molar-refractivity contribution in [2.24, 2.45) is 0 Å². The Hall–Kier alpha value is -4.59. The van der Waals surface area contributed by atoms with Crippen molar-refractivity contribution >= 4 is 23.6 Å². The van der Waals surface area contributed by atoms with Crippen LogP contribution in [0, 0.1) is 11.6 Å². The summed E-state index contributed by atoms with van der Waals surface area (Å²) in [5.74, 6) is -3.50. The van der Waals surface area contributed by atoms with Crippen molar-refractivity contribution in [2.45, 2.75) is 6.54 Å². The Balaban J connectivity index is 1.44. The zero-order valence-corrected chi connectivity index (χ0v) is 18.5. The van der Waals surface area contributed by atoms with Gasteiger partial charge in [-0.15, -0.1) is 0 Å². The predicted molar refractivity (Wildman–Crippen MR) is 128 cm³/mol. The van der Waals surface area contributed by atoms with Gasteiger partial charge in [0.2, 0.25) is 0 Å². The first kappa shape index (κ1) is 23.6. The Morgan fingerprint density at radius 1 is 0.914 bits per heavy atom. The Morgan fingerprint density at radius 3 is 2.26 bits per heavy atom. The zero-order chi connectivity index (χ0) is 24.6. The second-order valence-corrected chi connectivity index (χ2v) is 7.57. The SMILES string of the molecule is O=C(COC(=O)/C=C/c1cn(Cc2ccccc2)nc1-c1ccccc1)Nc1c(F)cccc1F. The van der Waals surface area contributed by atoms with Gasteiger partial charge in [0.15, 0.2) is 6.61 Å². The molecule has 0 atom stereocenters. The van der Waals surface area contributed by atoms with Gasteiger partial charge in [-0.1, -0.05) is 66.7 Å². The second-order valence-electron chi connectivity index (χ2n) is 7.57. The van der Waals surface area contributed by atoms with Gasteiger partial charge >= 0.3 is 5.97 Å². The maximum Gasteiger partial charge on any atom is 0.331 e. The Kier molecular flexibility index (Phi) is 7.42. The number of amides is 1. The normalized spacial score (nSPS) is 10.9. The van der Waals surface area contributed by atoms with Crippen LogP contribution in [0.3, 0.4) is 0 Å². The van der Waals surface area contributed by atoms with E-state index in [0.29, 0.717) is 17.8 Å². The summed E-state index contributed by atoms with van der Waals surface area (Å²) in [6.07, 6.45) is 4.54. The van der Waals surface area contributed by atoms with E-state index in [9.17, 15) is 18.4 Å². The topological polar surface area (TPSA) is 73.2 Å². The van der Waals surface area contributed by atoms with Crippen LogP contribution in [0.2, 0.25) is 0 Å². The molecule has 0 aliphatic carbocycles. The van der Waals surface area contributed by atoms with Gasteiger partial charge in [0.05, 0.1) is 12.2 Å². The largest absolute Gasteiger partial charge is 0.452 e. The third-order valence-corrected chi connectivity index (χ3v) is 5.00. The lowest BCUT2D eigenvalue weighted by Crippen LogP contribution is -2.21. The molecule has 3 aromatic carbocycles. The molecule has 1 aromatic heterocycles. The van der Waals surface area contributed by atoms with E-state index >= 15 is 0 Å². The lowest BCUT2D eigenvalue weighted by molar-refractivity contribution is -0.142. The van der Waals surface area contributed by atoms with E-state index in [1.165, 1.54) is 12.1 Å². The Morgan fingerprint density at radius 2 is 1.57 bits per heavy atom. The van der Waals surface area contributed by atoms with Crippen molar-refractivity contribution in [3.63, 3.8) is 0 Å². The van der Waals surface area contributed by atoms with Gasteiger partial charge in [-0.2, -0.15) is 5.10 Å². The molecule has 0 unspecified atom stereocenters. The van der Waals surface area contributed by atoms with E-state index in [1.54, 1.807) is 10.8 Å². The minimum atomic E-state index is -0.925. The minimum absolute atomic E-state index is 0.547. The molecule has 1 N–H and O–H groups in total. The van der Waals surface area contributed by atoms with Gasteiger partial charge in [-0.25, -0.2) is 13.6 Å². The molecule has 0 saturated carbocycles. The summed E-state index contributed by atoms with van der Waals surface area (Å²) in [6.45, 7) is -0.151. The summed E-state index contributed by atoms with van der Waals surface area (Å²) in [4.78, 5) is 24.1. The number of para-hydroxylation sites is 1. The van der Waals surface area contributed by atoms with E-state index in [0.717, 1.165) is 23.3 Å². The maximum absolute atomic E-state index is 13.7. The number of carbonyl (C=O) groups is 2. The number of ether oxygens (including phenoxy) is 1. The number of nitrogens with zero attached hydrogens (tertiary/aromatic N) is 2. The van der Waals surface area contributed by atoms with Crippen LogP contribution in [0.4, 0.5) is 14.5 Å². The van der Waals surface area contributed by atoms with Crippen LogP contribution in [-0.4, -0.2) is 28.3 Å². The van der Waals surface area contributed by atoms with Crippen molar-refractivity contribution in [3.8, 4) is 11.3 Å². The second kappa shape index (κ2) is 11.0. The highest BCUT2D eigenvalue weighted by molar-refractivity contribution is 5.95. The van der Waals surface area contributed by atoms with Crippen molar-refractivity contribution in [1.29, 1.82) is 0 Å². The fourth-order valence-corrected chi connectivity index (χ4v) is 3.37. The molecule has 0 aliphatic heterocycles. The van der Waals surface area contributed by atoms with Gasteiger partial charge in [-0.05, 0) is 23.8 Å². The average Bonchev–Trinajstić information content (AvgIpc) is 3.27. The smallest absolute Gasteiger partial charge is 0.331 e. The highest BCUT2D eigenvalue weighted by Crippen LogP contribution is 2.23. The van der Waals surface area contributed by atoms with Gasteiger partial charge < -0.3 is 10.1 Å². The van der Waals surface area contributed by atoms with Crippen molar-refractivity contribution < 1.29 is 23.1 Å². The molecular weight excluding hydrogens is 452 g/mol. The molecule has 1 amide bonds. The molecule has 4 aromatic rings. The molecule has 0 spiro atoms. The number of anilines is 1. The molecule has 0 radical (unpaired) electrons. The quantitative estimate of drug-likeness (QED) is 0.286. The molecule has 176 valence electrons. The van der Waals surface area contributed by atoms with E-state index < -0.39 is 35.8 Å². The molecule has 0 saturated heterocycles. The molecule has 0 bridgehead atoms. The van der Waals surface area contributed by atoms with Crippen LogP contribution in [0.25, 0.3) is 17.3 Å². The van der Waals surface area contributed by atoms with Gasteiger partial charge in [0.1, 0.15) is 17.3 Å². The minimum Gasteiger partial charge on any atom is -0.452 e. The Bertz CT molecular complexity index is 1330. The predicted octanol–water partition coefficient (Wildman–Crippen LogP) is 5.07. The van der Waals surface area contributed by atoms with Crippen LogP contribution in [0.15, 0.2) is 91.1 Å². The van der Waals surface area contributed by atoms with E-state index in [-0.39, 0.29) is 0 Å². The molecule has 1 heterocycles. The number of hydrogen-bond acceptors (Lipinski definition) is 4. The summed E-state index contributed by atoms with van der Waals surface area (Å²) < 4.78 is 34.0. The summed E-state index contributed by atoms with van der Waals surface area (Å²) in [7, 11) is 0. The third-order valence-electron chi connectivity index (χ3n) is 5.00. The van der Waals surface area contributed by atoms with Crippen molar-refractivity contribution in [1.82, 2.24) is 9.78 Å². The van der Waals surface area contributed by atoms with Gasteiger partial charge in [-0.3, -0.25) is 9.48 Å². The average molecular weight is 473 g/mol. The number of carbonyl (C=O) groups excluding carboxylic acids is 2. The molecule has 0 aliphatic rings. The number of benzene rings is 3. The number of aromatic nitrogens is 2. The van der Waals surface area contributed by atoms with Gasteiger partial charge in [0.25, 0.3) is 5.91 Å². The molecule has 4 rings (SSSR count). The fourth-order valence-electron chi connectivity index (χ4n) is 3.37. The first-order valence-electron chi connectivity index (χ1n) is 10.7. The number of halogens is 2. The number of nitrogens with one attached hydrogen (secondary N) is 1. The Labute approximate surface area is 200 Å². The first-order valence-corrected chi connectivity index (χ1v) is 10.7. The molecule has 8 heteroatoms. The monoisotopic (exact) mass is 473 g/mol. The van der Waals surface area contributed by atoms with Crippen LogP contribution in [0.1, 0.15) is 11.1 Å². The van der Waals surface area contributed by atoms with E-state index in [2.05, 4.69) is 10.4 Å². The van der Waals surface area contributed by atoms with E-state index in [4.69, 9.17) is 4.74 Å². The first-order chi connectivity index (χ1) is 17.0. The highest BCUT2D eigenvalue weighted by Gasteiger charge is 2.14. The van der Waals surface area contributed by atoms with Crippen LogP contribution >= 0.6 is 0 Å². The summed E-state index contributed by atoms with van der Waals surface area (Å²) in [5, 5.41) is 6.73. The lowest BCUT2D eigenvalue weighted by atomic mass is 10.1. The third kappa shape index (κ3) is 6.26. The van der Waals surface area contributed by atoms with Crippen LogP contribution in [-0.2, 0) is 20.9 Å². The summed E-state index contributed by atoms with van der Waals surface area (Å²) >= 11 is 0. The van der Waals surface area contributed by atoms with E-state index in [1.807, 2.05) is 66.9 Å². The van der Waals surface area contributed by atoms with Crippen molar-refractivity contribution in [3.05, 3.63) is 114 Å². The maximum atomic E-state index is 13.7.